The highest BCUT2D eigenvalue weighted by Gasteiger charge is 2.35. The van der Waals surface area contributed by atoms with Crippen molar-refractivity contribution in [1.82, 2.24) is 4.90 Å². The topological polar surface area (TPSA) is 46.6 Å². The number of benzene rings is 3. The van der Waals surface area contributed by atoms with Gasteiger partial charge in [-0.25, -0.2) is 0 Å². The van der Waals surface area contributed by atoms with Crippen molar-refractivity contribution in [3.05, 3.63) is 81.7 Å². The van der Waals surface area contributed by atoms with Crippen LogP contribution in [0.4, 0.5) is 4.79 Å². The first-order valence-corrected chi connectivity index (χ1v) is 10.4. The predicted octanol–water partition coefficient (Wildman–Crippen LogP) is 6.13. The zero-order valence-electron chi connectivity index (χ0n) is 15.7. The second kappa shape index (κ2) is 8.31. The van der Waals surface area contributed by atoms with Gasteiger partial charge in [0.15, 0.2) is 0 Å². The van der Waals surface area contributed by atoms with Gasteiger partial charge >= 0.3 is 0 Å². The predicted molar refractivity (Wildman–Crippen MR) is 118 cm³/mol. The van der Waals surface area contributed by atoms with Crippen LogP contribution in [0.5, 0.6) is 5.75 Å². The summed E-state index contributed by atoms with van der Waals surface area (Å²) in [5.74, 6) is 0.390. The quantitative estimate of drug-likeness (QED) is 0.463. The smallest absolute Gasteiger partial charge is 0.293 e. The van der Waals surface area contributed by atoms with Gasteiger partial charge in [0.1, 0.15) is 5.75 Å². The number of carbonyl (C=O) groups is 2. The largest absolute Gasteiger partial charge is 0.493 e. The number of hydrogen-bond acceptors (Lipinski definition) is 4. The van der Waals surface area contributed by atoms with Crippen LogP contribution >= 0.6 is 23.4 Å². The van der Waals surface area contributed by atoms with E-state index in [-0.39, 0.29) is 17.7 Å². The highest BCUT2D eigenvalue weighted by Crippen LogP contribution is 2.37. The first-order chi connectivity index (χ1) is 14.1. The number of carbonyl (C=O) groups excluding carboxylic acids is 2. The number of ether oxygens (including phenoxy) is 1. The number of imide groups is 1. The zero-order chi connectivity index (χ0) is 20.4. The lowest BCUT2D eigenvalue weighted by atomic mass is 10.0. The maximum Gasteiger partial charge on any atom is 0.293 e. The Balaban J connectivity index is 1.70. The van der Waals surface area contributed by atoms with E-state index in [0.29, 0.717) is 22.3 Å². The third-order valence-electron chi connectivity index (χ3n) is 4.63. The molecule has 29 heavy (non-hydrogen) atoms. The molecule has 1 heterocycles. The molecule has 0 aromatic heterocycles. The molecule has 3 aromatic carbocycles. The lowest BCUT2D eigenvalue weighted by Crippen LogP contribution is -2.27. The summed E-state index contributed by atoms with van der Waals surface area (Å²) < 4.78 is 5.77. The second-order valence-corrected chi connectivity index (χ2v) is 7.96. The van der Waals surface area contributed by atoms with Gasteiger partial charge in [-0.1, -0.05) is 54.1 Å². The fourth-order valence-corrected chi connectivity index (χ4v) is 4.19. The summed E-state index contributed by atoms with van der Waals surface area (Å²) in [6, 6.07) is 18.9. The van der Waals surface area contributed by atoms with Gasteiger partial charge in [-0.2, -0.15) is 0 Å². The summed E-state index contributed by atoms with van der Waals surface area (Å²) in [6.07, 6.45) is 1.76. The van der Waals surface area contributed by atoms with Crippen LogP contribution in [0.2, 0.25) is 5.02 Å². The lowest BCUT2D eigenvalue weighted by Gasteiger charge is -2.13. The van der Waals surface area contributed by atoms with Crippen molar-refractivity contribution in [3.63, 3.8) is 0 Å². The molecule has 1 aliphatic heterocycles. The highest BCUT2D eigenvalue weighted by atomic mass is 35.5. The van der Waals surface area contributed by atoms with Gasteiger partial charge in [0, 0.05) is 10.6 Å². The average Bonchev–Trinajstić information content (AvgIpc) is 2.99. The molecule has 0 atom stereocenters. The summed E-state index contributed by atoms with van der Waals surface area (Å²) in [5.41, 5.74) is 1.65. The molecule has 0 radical (unpaired) electrons. The van der Waals surface area contributed by atoms with Crippen molar-refractivity contribution in [3.8, 4) is 5.75 Å². The van der Waals surface area contributed by atoms with Crippen LogP contribution in [0.15, 0.2) is 65.6 Å². The van der Waals surface area contributed by atoms with E-state index in [0.717, 1.165) is 33.7 Å². The first-order valence-electron chi connectivity index (χ1n) is 9.21. The Morgan fingerprint density at radius 1 is 1.03 bits per heavy atom. The van der Waals surface area contributed by atoms with E-state index in [1.165, 1.54) is 4.90 Å². The SMILES string of the molecule is CCOc1ccc2ccccc2c1C=C1SC(=O)N(Cc2ccc(Cl)cc2)C1=O. The second-order valence-electron chi connectivity index (χ2n) is 6.53. The van der Waals surface area contributed by atoms with Crippen LogP contribution in [0.25, 0.3) is 16.8 Å². The highest BCUT2D eigenvalue weighted by molar-refractivity contribution is 8.18. The molecule has 4 rings (SSSR count). The Morgan fingerprint density at radius 2 is 1.79 bits per heavy atom. The van der Waals surface area contributed by atoms with Crippen LogP contribution < -0.4 is 4.74 Å². The maximum atomic E-state index is 12.9. The van der Waals surface area contributed by atoms with Crippen molar-refractivity contribution < 1.29 is 14.3 Å². The number of rotatable bonds is 5. The van der Waals surface area contributed by atoms with E-state index in [4.69, 9.17) is 16.3 Å². The Kier molecular flexibility index (Phi) is 5.60. The van der Waals surface area contributed by atoms with Crippen molar-refractivity contribution in [2.45, 2.75) is 13.5 Å². The third kappa shape index (κ3) is 4.02. The Morgan fingerprint density at radius 3 is 2.55 bits per heavy atom. The van der Waals surface area contributed by atoms with Crippen LogP contribution in [-0.4, -0.2) is 22.7 Å². The molecule has 3 aromatic rings. The minimum atomic E-state index is -0.301. The molecular weight excluding hydrogens is 406 g/mol. The molecular formula is C23H18ClNO3S. The number of thioether (sulfide) groups is 1. The van der Waals surface area contributed by atoms with Crippen molar-refractivity contribution in [2.24, 2.45) is 0 Å². The monoisotopic (exact) mass is 423 g/mol. The van der Waals surface area contributed by atoms with Gasteiger partial charge in [0.05, 0.1) is 18.1 Å². The summed E-state index contributed by atoms with van der Waals surface area (Å²) >= 11 is 6.87. The fraction of sp³-hybridized carbons (Fsp3) is 0.130. The molecule has 0 aliphatic carbocycles. The van der Waals surface area contributed by atoms with Gasteiger partial charge in [0.2, 0.25) is 0 Å². The Bertz CT molecular complexity index is 1120. The first kappa shape index (κ1) is 19.6. The van der Waals surface area contributed by atoms with Crippen molar-refractivity contribution in [2.75, 3.05) is 6.61 Å². The van der Waals surface area contributed by atoms with E-state index in [1.807, 2.05) is 55.5 Å². The molecule has 0 N–H and O–H groups in total. The molecule has 146 valence electrons. The standard InChI is InChI=1S/C23H18ClNO3S/c1-2-28-20-12-9-16-5-3-4-6-18(16)19(20)13-21-22(26)25(23(27)29-21)14-15-7-10-17(24)11-8-15/h3-13H,2,14H2,1H3. The molecule has 0 saturated carbocycles. The average molecular weight is 424 g/mol. The molecule has 4 nitrogen and oxygen atoms in total. The fourth-order valence-electron chi connectivity index (χ4n) is 3.25. The van der Waals surface area contributed by atoms with E-state index < -0.39 is 0 Å². The minimum absolute atomic E-state index is 0.215. The van der Waals surface area contributed by atoms with Gasteiger partial charge in [0.25, 0.3) is 11.1 Å². The van der Waals surface area contributed by atoms with Crippen molar-refractivity contribution >= 4 is 51.4 Å². The molecule has 0 spiro atoms. The minimum Gasteiger partial charge on any atom is -0.493 e. The molecule has 1 saturated heterocycles. The summed E-state index contributed by atoms with van der Waals surface area (Å²) in [7, 11) is 0. The Labute approximate surface area is 178 Å². The third-order valence-corrected chi connectivity index (χ3v) is 5.79. The van der Waals surface area contributed by atoms with Gasteiger partial charge in [-0.05, 0) is 59.3 Å². The van der Waals surface area contributed by atoms with Crippen LogP contribution in [0.3, 0.4) is 0 Å². The van der Waals surface area contributed by atoms with Gasteiger partial charge in [-0.15, -0.1) is 0 Å². The molecule has 6 heteroatoms. The van der Waals surface area contributed by atoms with Crippen molar-refractivity contribution in [1.29, 1.82) is 0 Å². The molecule has 1 fully saturated rings. The van der Waals surface area contributed by atoms with Crippen LogP contribution in [0.1, 0.15) is 18.1 Å². The number of nitrogens with zero attached hydrogens (tertiary/aromatic N) is 1. The van der Waals surface area contributed by atoms with E-state index in [1.54, 1.807) is 18.2 Å². The number of halogens is 1. The summed E-state index contributed by atoms with van der Waals surface area (Å²) in [4.78, 5) is 27.1. The molecule has 1 aliphatic rings. The van der Waals surface area contributed by atoms with Crippen LogP contribution in [0, 0.1) is 0 Å². The van der Waals surface area contributed by atoms with E-state index in [9.17, 15) is 9.59 Å². The summed E-state index contributed by atoms with van der Waals surface area (Å²) in [5, 5.41) is 2.35. The van der Waals surface area contributed by atoms with Gasteiger partial charge < -0.3 is 4.74 Å². The lowest BCUT2D eigenvalue weighted by molar-refractivity contribution is -0.123. The molecule has 2 amide bonds. The Hall–Kier alpha value is -2.76. The number of amides is 2. The molecule has 0 unspecified atom stereocenters. The zero-order valence-corrected chi connectivity index (χ0v) is 17.3. The number of hydrogen-bond donors (Lipinski definition) is 0. The normalized spacial score (nSPS) is 15.5. The number of fused-ring (bicyclic) bond motifs is 1. The molecule has 0 bridgehead atoms. The van der Waals surface area contributed by atoms with Crippen LogP contribution in [-0.2, 0) is 11.3 Å². The van der Waals surface area contributed by atoms with Gasteiger partial charge in [-0.3, -0.25) is 14.5 Å². The van der Waals surface area contributed by atoms with E-state index >= 15 is 0 Å². The maximum absolute atomic E-state index is 12.9. The summed E-state index contributed by atoms with van der Waals surface area (Å²) in [6.45, 7) is 2.64. The van der Waals surface area contributed by atoms with E-state index in [2.05, 4.69) is 0 Å².